The number of aromatic nitrogens is 2. The third kappa shape index (κ3) is 7.05. The summed E-state index contributed by atoms with van der Waals surface area (Å²) in [4.78, 5) is 18.6. The van der Waals surface area contributed by atoms with Gasteiger partial charge in [0.2, 0.25) is 0 Å². The molecule has 0 saturated heterocycles. The number of benzene rings is 2. The minimum Gasteiger partial charge on any atom is -0.402 e. The van der Waals surface area contributed by atoms with Gasteiger partial charge in [0.05, 0.1) is 5.71 Å². The third-order valence-electron chi connectivity index (χ3n) is 5.36. The van der Waals surface area contributed by atoms with Crippen molar-refractivity contribution in [1.82, 2.24) is 15.1 Å². The predicted octanol–water partition coefficient (Wildman–Crippen LogP) is 5.53. The molecule has 1 amide bonds. The molecule has 1 aromatic heterocycles. The molecule has 3 N–H and O–H groups in total. The Morgan fingerprint density at radius 1 is 1.08 bits per heavy atom. The molecule has 3 aromatic rings. The highest BCUT2D eigenvalue weighted by Gasteiger charge is 2.15. The fraction of sp³-hybridized carbons (Fsp3) is 0.259. The molecule has 36 heavy (non-hydrogen) atoms. The van der Waals surface area contributed by atoms with Crippen LogP contribution in [-0.2, 0) is 6.54 Å². The van der Waals surface area contributed by atoms with E-state index in [0.29, 0.717) is 34.2 Å². The summed E-state index contributed by atoms with van der Waals surface area (Å²) in [6, 6.07) is 15.0. The number of anilines is 1. The first kappa shape index (κ1) is 26.7. The molecule has 0 aliphatic rings. The van der Waals surface area contributed by atoms with E-state index in [-0.39, 0.29) is 17.8 Å². The van der Waals surface area contributed by atoms with Gasteiger partial charge in [0.1, 0.15) is 5.70 Å². The predicted molar refractivity (Wildman–Crippen MR) is 145 cm³/mol. The number of hydrogen-bond donors (Lipinski definition) is 2. The van der Waals surface area contributed by atoms with Crippen LogP contribution in [0.15, 0.2) is 75.3 Å². The molecule has 0 bridgehead atoms. The quantitative estimate of drug-likeness (QED) is 0.369. The standard InChI is InChI=1S/C27H31ClN6O2/c1-6-17(2)15-23(20-9-11-21(12-10-20)26(35)34(4)5)31-24(18(3)29)25-32-33-27(36-25)30-16-19-7-13-22(28)14-8-19/h7-15H,6,16,29H2,1-5H3,(H,30,33)/b17-15+,24-18+,31-23+. The first-order valence-electron chi connectivity index (χ1n) is 11.5. The summed E-state index contributed by atoms with van der Waals surface area (Å²) in [5.74, 6) is 0.135. The molecule has 188 valence electrons. The molecule has 2 aromatic carbocycles. The lowest BCUT2D eigenvalue weighted by atomic mass is 10.0. The largest absolute Gasteiger partial charge is 0.402 e. The first-order chi connectivity index (χ1) is 17.2. The van der Waals surface area contributed by atoms with Crippen molar-refractivity contribution in [2.75, 3.05) is 19.4 Å². The zero-order chi connectivity index (χ0) is 26.2. The highest BCUT2D eigenvalue weighted by Crippen LogP contribution is 2.22. The second kappa shape index (κ2) is 12.2. The van der Waals surface area contributed by atoms with Gasteiger partial charge in [-0.2, -0.15) is 0 Å². The Kier molecular flexibility index (Phi) is 9.02. The van der Waals surface area contributed by atoms with Crippen LogP contribution < -0.4 is 11.1 Å². The van der Waals surface area contributed by atoms with Crippen molar-refractivity contribution in [3.63, 3.8) is 0 Å². The minimum absolute atomic E-state index is 0.0665. The summed E-state index contributed by atoms with van der Waals surface area (Å²) in [5, 5.41) is 12.0. The van der Waals surface area contributed by atoms with Gasteiger partial charge < -0.3 is 20.4 Å². The van der Waals surface area contributed by atoms with Gasteiger partial charge in [-0.1, -0.05) is 53.5 Å². The van der Waals surface area contributed by atoms with Gasteiger partial charge in [0.15, 0.2) is 0 Å². The first-order valence-corrected chi connectivity index (χ1v) is 11.9. The maximum absolute atomic E-state index is 12.3. The van der Waals surface area contributed by atoms with Crippen LogP contribution >= 0.6 is 11.6 Å². The summed E-state index contributed by atoms with van der Waals surface area (Å²) >= 11 is 5.95. The lowest BCUT2D eigenvalue weighted by Crippen LogP contribution is -2.21. The highest BCUT2D eigenvalue weighted by molar-refractivity contribution is 6.30. The van der Waals surface area contributed by atoms with Crippen molar-refractivity contribution >= 4 is 34.9 Å². The van der Waals surface area contributed by atoms with Gasteiger partial charge in [-0.25, -0.2) is 4.99 Å². The number of carbonyl (C=O) groups is 1. The van der Waals surface area contributed by atoms with Crippen molar-refractivity contribution in [3.05, 3.63) is 93.5 Å². The SMILES string of the molecule is CC/C(C)=C/C(=N\C(=C(/C)N)c1nnc(NCc2ccc(Cl)cc2)o1)c1ccc(C(=O)N(C)C)cc1. The molecule has 0 fully saturated rings. The summed E-state index contributed by atoms with van der Waals surface area (Å²) in [6.07, 6.45) is 2.85. The molecule has 0 unspecified atom stereocenters. The molecular weight excluding hydrogens is 476 g/mol. The van der Waals surface area contributed by atoms with Crippen molar-refractivity contribution in [2.45, 2.75) is 33.7 Å². The van der Waals surface area contributed by atoms with Crippen LogP contribution in [0.4, 0.5) is 6.01 Å². The molecule has 9 heteroatoms. The number of nitrogens with two attached hydrogens (primary N) is 1. The van der Waals surface area contributed by atoms with Crippen molar-refractivity contribution in [2.24, 2.45) is 10.7 Å². The van der Waals surface area contributed by atoms with E-state index in [1.165, 1.54) is 4.90 Å². The summed E-state index contributed by atoms with van der Waals surface area (Å²) in [7, 11) is 3.45. The molecule has 0 radical (unpaired) electrons. The van der Waals surface area contributed by atoms with Crippen LogP contribution in [-0.4, -0.2) is 40.8 Å². The topological polar surface area (TPSA) is 110 Å². The number of nitrogens with one attached hydrogen (secondary N) is 1. The molecule has 0 spiro atoms. The highest BCUT2D eigenvalue weighted by atomic mass is 35.5. The fourth-order valence-corrected chi connectivity index (χ4v) is 3.28. The zero-order valence-corrected chi connectivity index (χ0v) is 21.9. The number of allylic oxidation sites excluding steroid dienone is 3. The molecule has 0 aliphatic carbocycles. The molecule has 3 rings (SSSR count). The monoisotopic (exact) mass is 506 g/mol. The smallest absolute Gasteiger partial charge is 0.316 e. The van der Waals surface area contributed by atoms with Gasteiger partial charge in [0, 0.05) is 42.5 Å². The Balaban J connectivity index is 1.91. The van der Waals surface area contributed by atoms with Gasteiger partial charge in [0.25, 0.3) is 11.8 Å². The number of halogens is 1. The maximum Gasteiger partial charge on any atom is 0.316 e. The van der Waals surface area contributed by atoms with Crippen LogP contribution in [0.1, 0.15) is 54.6 Å². The molecule has 8 nitrogen and oxygen atoms in total. The number of carbonyl (C=O) groups excluding carboxylic acids is 1. The van der Waals surface area contributed by atoms with E-state index in [1.807, 2.05) is 49.4 Å². The number of aliphatic imine (C=N–C) groups is 1. The Morgan fingerprint density at radius 3 is 2.31 bits per heavy atom. The maximum atomic E-state index is 12.3. The number of nitrogens with zero attached hydrogens (tertiary/aromatic N) is 4. The zero-order valence-electron chi connectivity index (χ0n) is 21.2. The third-order valence-corrected chi connectivity index (χ3v) is 5.62. The van der Waals surface area contributed by atoms with E-state index >= 15 is 0 Å². The van der Waals surface area contributed by atoms with Crippen molar-refractivity contribution < 1.29 is 9.21 Å². The Morgan fingerprint density at radius 2 is 1.72 bits per heavy atom. The fourth-order valence-electron chi connectivity index (χ4n) is 3.15. The van der Waals surface area contributed by atoms with Crippen LogP contribution in [0.5, 0.6) is 0 Å². The van der Waals surface area contributed by atoms with Crippen LogP contribution in [0.3, 0.4) is 0 Å². The van der Waals surface area contributed by atoms with E-state index < -0.39 is 0 Å². The molecule has 1 heterocycles. The van der Waals surface area contributed by atoms with E-state index in [0.717, 1.165) is 23.1 Å². The van der Waals surface area contributed by atoms with Gasteiger partial charge in [-0.15, -0.1) is 5.10 Å². The Labute approximate surface area is 216 Å². The van der Waals surface area contributed by atoms with Crippen LogP contribution in [0.25, 0.3) is 5.70 Å². The molecular formula is C27H31ClN6O2. The van der Waals surface area contributed by atoms with Gasteiger partial charge in [-0.05, 0) is 56.2 Å². The lowest BCUT2D eigenvalue weighted by molar-refractivity contribution is 0.0827. The number of amides is 1. The number of rotatable bonds is 9. The van der Waals surface area contributed by atoms with E-state index in [1.54, 1.807) is 33.2 Å². The Hall–Kier alpha value is -3.91. The lowest BCUT2D eigenvalue weighted by Gasteiger charge is -2.11. The number of hydrogen-bond acceptors (Lipinski definition) is 7. The molecule has 0 aliphatic heterocycles. The Bertz CT molecular complexity index is 1280. The van der Waals surface area contributed by atoms with Gasteiger partial charge in [-0.3, -0.25) is 4.79 Å². The summed E-state index contributed by atoms with van der Waals surface area (Å²) < 4.78 is 5.82. The normalized spacial score (nSPS) is 12.8. The second-order valence-corrected chi connectivity index (χ2v) is 8.98. The summed E-state index contributed by atoms with van der Waals surface area (Å²) in [6.45, 7) is 6.33. The van der Waals surface area contributed by atoms with Crippen molar-refractivity contribution in [3.8, 4) is 0 Å². The van der Waals surface area contributed by atoms with Crippen LogP contribution in [0.2, 0.25) is 5.02 Å². The minimum atomic E-state index is -0.0665. The van der Waals surface area contributed by atoms with E-state index in [2.05, 4.69) is 22.4 Å². The van der Waals surface area contributed by atoms with E-state index in [4.69, 9.17) is 26.7 Å². The van der Waals surface area contributed by atoms with E-state index in [9.17, 15) is 4.79 Å². The second-order valence-electron chi connectivity index (χ2n) is 8.54. The molecule has 0 atom stereocenters. The summed E-state index contributed by atoms with van der Waals surface area (Å²) in [5.41, 5.74) is 11.2. The van der Waals surface area contributed by atoms with Crippen molar-refractivity contribution in [1.29, 1.82) is 0 Å². The van der Waals surface area contributed by atoms with Gasteiger partial charge >= 0.3 is 6.01 Å². The molecule has 0 saturated carbocycles. The average Bonchev–Trinajstić information content (AvgIpc) is 3.34. The average molecular weight is 507 g/mol. The van der Waals surface area contributed by atoms with Crippen LogP contribution in [0, 0.1) is 0 Å².